The molecular weight excluding hydrogens is 997 g/mol. The zero-order valence-corrected chi connectivity index (χ0v) is 53.0. The van der Waals surface area contributed by atoms with E-state index in [1.807, 2.05) is 0 Å². The number of allylic oxidation sites excluding steroid dienone is 20. The lowest BCUT2D eigenvalue weighted by Crippen LogP contribution is -2.30. The third-order valence-corrected chi connectivity index (χ3v) is 14.5. The fourth-order valence-corrected chi connectivity index (χ4v) is 9.44. The van der Waals surface area contributed by atoms with Crippen LogP contribution in [0.5, 0.6) is 0 Å². The van der Waals surface area contributed by atoms with Crippen LogP contribution in [0.4, 0.5) is 0 Å². The number of unbranched alkanes of at least 4 members (excludes halogenated alkanes) is 30. The molecule has 0 aliphatic rings. The van der Waals surface area contributed by atoms with Gasteiger partial charge >= 0.3 is 17.9 Å². The van der Waals surface area contributed by atoms with Gasteiger partial charge in [-0.05, 0) is 109 Å². The molecule has 0 saturated heterocycles. The van der Waals surface area contributed by atoms with E-state index in [0.717, 1.165) is 128 Å². The first-order valence-corrected chi connectivity index (χ1v) is 34.0. The summed E-state index contributed by atoms with van der Waals surface area (Å²) in [5.41, 5.74) is 0. The molecule has 0 aromatic carbocycles. The number of carbonyl (C=O) groups excluding carboxylic acids is 3. The highest BCUT2D eigenvalue weighted by Crippen LogP contribution is 2.17. The zero-order chi connectivity index (χ0) is 58.5. The van der Waals surface area contributed by atoms with Gasteiger partial charge in [-0.15, -0.1) is 0 Å². The summed E-state index contributed by atoms with van der Waals surface area (Å²) in [5.74, 6) is -0.912. The predicted molar refractivity (Wildman–Crippen MR) is 353 cm³/mol. The SMILES string of the molecule is CC/C=C\C/C=C\C/C=C\C/C=C\C/C=C\CCCCCCCCCCCCCCCCCC(=O)OCC(COC(=O)CCCCCCCCCCCCCCC)OC(=O)CCCCC/C=C\C/C=C\C/C=C\C/C=C\C/C=C\CC. The van der Waals surface area contributed by atoms with Gasteiger partial charge in [0.2, 0.25) is 0 Å². The van der Waals surface area contributed by atoms with Crippen LogP contribution in [0.15, 0.2) is 122 Å². The Balaban J connectivity index is 4.27. The Morgan fingerprint density at radius 3 is 0.765 bits per heavy atom. The number of rotatable bonds is 61. The maximum Gasteiger partial charge on any atom is 0.306 e. The summed E-state index contributed by atoms with van der Waals surface area (Å²) in [6.45, 7) is 6.41. The van der Waals surface area contributed by atoms with Crippen molar-refractivity contribution in [3.8, 4) is 0 Å². The van der Waals surface area contributed by atoms with Gasteiger partial charge in [-0.25, -0.2) is 0 Å². The van der Waals surface area contributed by atoms with Crippen LogP contribution in [0.3, 0.4) is 0 Å². The second-order valence-corrected chi connectivity index (χ2v) is 22.3. The fourth-order valence-electron chi connectivity index (χ4n) is 9.44. The number of carbonyl (C=O) groups is 3. The minimum absolute atomic E-state index is 0.0894. The van der Waals surface area contributed by atoms with Crippen LogP contribution in [-0.2, 0) is 28.6 Å². The maximum absolute atomic E-state index is 12.9. The number of esters is 3. The van der Waals surface area contributed by atoms with Gasteiger partial charge in [0, 0.05) is 19.3 Å². The summed E-state index contributed by atoms with van der Waals surface area (Å²) < 4.78 is 16.9. The summed E-state index contributed by atoms with van der Waals surface area (Å²) in [6.07, 6.45) is 95.1. The van der Waals surface area contributed by atoms with Crippen LogP contribution in [0, 0.1) is 0 Å². The van der Waals surface area contributed by atoms with Crippen molar-refractivity contribution in [2.24, 2.45) is 0 Å². The van der Waals surface area contributed by atoms with Crippen LogP contribution in [0.25, 0.3) is 0 Å². The Morgan fingerprint density at radius 2 is 0.481 bits per heavy atom. The Kier molecular flexibility index (Phi) is 64.8. The van der Waals surface area contributed by atoms with Gasteiger partial charge in [0.1, 0.15) is 13.2 Å². The third kappa shape index (κ3) is 66.5. The molecule has 0 fully saturated rings. The second-order valence-electron chi connectivity index (χ2n) is 22.3. The summed E-state index contributed by atoms with van der Waals surface area (Å²) in [6, 6.07) is 0. The van der Waals surface area contributed by atoms with E-state index in [1.54, 1.807) is 0 Å². The molecule has 462 valence electrons. The van der Waals surface area contributed by atoms with E-state index < -0.39 is 6.10 Å². The third-order valence-electron chi connectivity index (χ3n) is 14.5. The largest absolute Gasteiger partial charge is 0.462 e. The molecule has 81 heavy (non-hydrogen) atoms. The van der Waals surface area contributed by atoms with E-state index in [2.05, 4.69) is 142 Å². The van der Waals surface area contributed by atoms with Crippen LogP contribution < -0.4 is 0 Å². The molecule has 0 aliphatic carbocycles. The van der Waals surface area contributed by atoms with Crippen LogP contribution in [0.2, 0.25) is 0 Å². The van der Waals surface area contributed by atoms with Crippen molar-refractivity contribution in [2.45, 2.75) is 322 Å². The van der Waals surface area contributed by atoms with Crippen molar-refractivity contribution in [2.75, 3.05) is 13.2 Å². The van der Waals surface area contributed by atoms with Gasteiger partial charge in [0.05, 0.1) is 0 Å². The smallest absolute Gasteiger partial charge is 0.306 e. The lowest BCUT2D eigenvalue weighted by atomic mass is 10.0. The monoisotopic (exact) mass is 1120 g/mol. The van der Waals surface area contributed by atoms with E-state index in [4.69, 9.17) is 14.2 Å². The number of hydrogen-bond acceptors (Lipinski definition) is 6. The minimum Gasteiger partial charge on any atom is -0.462 e. The number of hydrogen-bond donors (Lipinski definition) is 0. The van der Waals surface area contributed by atoms with Crippen molar-refractivity contribution in [1.29, 1.82) is 0 Å². The first kappa shape index (κ1) is 76.8. The van der Waals surface area contributed by atoms with Gasteiger partial charge in [-0.2, -0.15) is 0 Å². The Bertz CT molecular complexity index is 1670. The molecule has 0 aromatic heterocycles. The molecule has 0 rings (SSSR count). The fraction of sp³-hybridized carbons (Fsp3) is 0.693. The average molecular weight is 1120 g/mol. The molecule has 0 aliphatic heterocycles. The Hall–Kier alpha value is -4.19. The van der Waals surface area contributed by atoms with E-state index in [0.29, 0.717) is 12.8 Å². The molecule has 6 nitrogen and oxygen atoms in total. The van der Waals surface area contributed by atoms with E-state index >= 15 is 0 Å². The topological polar surface area (TPSA) is 78.9 Å². The lowest BCUT2D eigenvalue weighted by Gasteiger charge is -2.18. The molecule has 0 radical (unpaired) electrons. The summed E-state index contributed by atoms with van der Waals surface area (Å²) >= 11 is 0. The predicted octanol–water partition coefficient (Wildman–Crippen LogP) is 23.6. The van der Waals surface area contributed by atoms with Crippen LogP contribution >= 0.6 is 0 Å². The molecule has 0 aromatic rings. The summed E-state index contributed by atoms with van der Waals surface area (Å²) in [4.78, 5) is 38.4. The van der Waals surface area contributed by atoms with Crippen molar-refractivity contribution >= 4 is 17.9 Å². The summed E-state index contributed by atoms with van der Waals surface area (Å²) in [5, 5.41) is 0. The average Bonchev–Trinajstić information content (AvgIpc) is 3.46. The molecule has 0 saturated carbocycles. The van der Waals surface area contributed by atoms with Crippen molar-refractivity contribution in [1.82, 2.24) is 0 Å². The van der Waals surface area contributed by atoms with Crippen molar-refractivity contribution < 1.29 is 28.6 Å². The highest BCUT2D eigenvalue weighted by atomic mass is 16.6. The van der Waals surface area contributed by atoms with Gasteiger partial charge < -0.3 is 14.2 Å². The molecule has 1 atom stereocenters. The first-order chi connectivity index (χ1) is 40.0. The molecular formula is C75H126O6. The van der Waals surface area contributed by atoms with E-state index in [9.17, 15) is 14.4 Å². The molecule has 0 heterocycles. The molecule has 1 unspecified atom stereocenters. The molecule has 0 spiro atoms. The zero-order valence-electron chi connectivity index (χ0n) is 53.0. The van der Waals surface area contributed by atoms with Gasteiger partial charge in [-0.3, -0.25) is 14.4 Å². The van der Waals surface area contributed by atoms with Crippen molar-refractivity contribution in [3.05, 3.63) is 122 Å². The quantitative estimate of drug-likeness (QED) is 0.0261. The van der Waals surface area contributed by atoms with E-state index in [-0.39, 0.29) is 37.5 Å². The molecule has 6 heteroatoms. The highest BCUT2D eigenvalue weighted by Gasteiger charge is 2.19. The van der Waals surface area contributed by atoms with Gasteiger partial charge in [0.25, 0.3) is 0 Å². The van der Waals surface area contributed by atoms with Crippen molar-refractivity contribution in [3.63, 3.8) is 0 Å². The van der Waals surface area contributed by atoms with Gasteiger partial charge in [0.15, 0.2) is 6.10 Å². The normalized spacial score (nSPS) is 12.9. The van der Waals surface area contributed by atoms with Crippen LogP contribution in [0.1, 0.15) is 316 Å². The Morgan fingerprint density at radius 1 is 0.259 bits per heavy atom. The lowest BCUT2D eigenvalue weighted by molar-refractivity contribution is -0.167. The number of ether oxygens (including phenoxy) is 3. The second kappa shape index (κ2) is 68.3. The molecule has 0 N–H and O–H groups in total. The van der Waals surface area contributed by atoms with Gasteiger partial charge in [-0.1, -0.05) is 309 Å². The maximum atomic E-state index is 12.9. The summed E-state index contributed by atoms with van der Waals surface area (Å²) in [7, 11) is 0. The first-order valence-electron chi connectivity index (χ1n) is 34.0. The van der Waals surface area contributed by atoms with Crippen LogP contribution in [-0.4, -0.2) is 37.2 Å². The molecule has 0 amide bonds. The standard InChI is InChI=1S/C75H126O6/c1-4-7-10-13-16-19-22-25-27-29-31-32-33-34-35-36-37-38-39-40-41-42-44-45-47-50-53-56-59-62-65-68-74(77)80-71-72(70-79-73(76)67-64-61-58-55-52-49-24-21-18-15-12-9-6-3)81-75(78)69-66-63-60-57-54-51-48-46-43-30-28-26-23-20-17-14-11-8-5-2/h7-8,10-11,16-17,19-20,25-28,31-32,34-35,43,46,51,54,72H,4-6,9,12-15,18,21-24,29-30,33,36-42,44-45,47-50,52-53,55-71H2,1-3H3/b10-7-,11-8-,19-16-,20-17-,27-25-,28-26-,32-31-,35-34-,46-43-,54-51-. The Labute approximate surface area is 501 Å². The molecule has 0 bridgehead atoms. The van der Waals surface area contributed by atoms with E-state index in [1.165, 1.54) is 148 Å². The highest BCUT2D eigenvalue weighted by molar-refractivity contribution is 5.71. The minimum atomic E-state index is -0.797.